The molecule has 2 heterocycles. The van der Waals surface area contributed by atoms with Gasteiger partial charge in [0.05, 0.1) is 0 Å². The molecule has 116 valence electrons. The number of rotatable bonds is 4. The monoisotopic (exact) mass is 298 g/mol. The molecule has 2 rings (SSSR count). The first kappa shape index (κ1) is 16.3. The zero-order valence-corrected chi connectivity index (χ0v) is 14.3. The largest absolute Gasteiger partial charge is 0.297 e. The van der Waals surface area contributed by atoms with Crippen LogP contribution in [0.15, 0.2) is 11.1 Å². The standard InChI is InChI=1S/C17H31ClN2/c1-14(2)16(15(3)19-10-6-4-7-11-19)17(18)20-12-8-5-9-13-20/h15,17H,4-13H2,1-3H3. The number of allylic oxidation sites excluding steroid dienone is 1. The minimum absolute atomic E-state index is 0.0947. The van der Waals surface area contributed by atoms with Crippen molar-refractivity contribution >= 4 is 11.6 Å². The number of likely N-dealkylation sites (tertiary alicyclic amines) is 2. The van der Waals surface area contributed by atoms with E-state index in [-0.39, 0.29) is 5.50 Å². The molecule has 0 amide bonds. The Labute approximate surface area is 130 Å². The second kappa shape index (κ2) is 7.82. The van der Waals surface area contributed by atoms with E-state index in [0.717, 1.165) is 13.1 Å². The van der Waals surface area contributed by atoms with Gasteiger partial charge in [-0.25, -0.2) is 0 Å². The van der Waals surface area contributed by atoms with E-state index in [1.165, 1.54) is 62.8 Å². The molecule has 3 heteroatoms. The van der Waals surface area contributed by atoms with Gasteiger partial charge in [-0.15, -0.1) is 11.6 Å². The summed E-state index contributed by atoms with van der Waals surface area (Å²) in [5.41, 5.74) is 2.96. The Morgan fingerprint density at radius 1 is 0.800 bits per heavy atom. The molecular weight excluding hydrogens is 268 g/mol. The molecule has 2 unspecified atom stereocenters. The lowest BCUT2D eigenvalue weighted by atomic mass is 9.97. The van der Waals surface area contributed by atoms with E-state index in [1.807, 2.05) is 0 Å². The van der Waals surface area contributed by atoms with Gasteiger partial charge >= 0.3 is 0 Å². The number of nitrogens with zero attached hydrogens (tertiary/aromatic N) is 2. The molecule has 0 aromatic heterocycles. The number of alkyl halides is 1. The number of piperidine rings is 2. The van der Waals surface area contributed by atoms with Crippen LogP contribution in [-0.4, -0.2) is 47.5 Å². The molecule has 0 spiro atoms. The smallest absolute Gasteiger partial charge is 0.108 e. The Morgan fingerprint density at radius 3 is 1.70 bits per heavy atom. The third-order valence-corrected chi connectivity index (χ3v) is 5.44. The Balaban J connectivity index is 2.07. The second-order valence-electron chi connectivity index (χ2n) is 6.66. The first-order valence-corrected chi connectivity index (χ1v) is 8.84. The molecule has 2 aliphatic rings. The predicted molar refractivity (Wildman–Crippen MR) is 88.3 cm³/mol. The molecule has 2 aliphatic heterocycles. The van der Waals surface area contributed by atoms with Gasteiger partial charge in [0, 0.05) is 6.04 Å². The molecule has 0 saturated carbocycles. The normalized spacial score (nSPS) is 25.2. The highest BCUT2D eigenvalue weighted by atomic mass is 35.5. The highest BCUT2D eigenvalue weighted by Gasteiger charge is 2.29. The topological polar surface area (TPSA) is 6.48 Å². The van der Waals surface area contributed by atoms with Gasteiger partial charge in [0.15, 0.2) is 0 Å². The average Bonchev–Trinajstić information content (AvgIpc) is 2.48. The fourth-order valence-corrected chi connectivity index (χ4v) is 4.29. The molecule has 0 aromatic rings. The summed E-state index contributed by atoms with van der Waals surface area (Å²) in [5, 5.41) is 0. The van der Waals surface area contributed by atoms with Crippen molar-refractivity contribution in [1.82, 2.24) is 9.80 Å². The van der Waals surface area contributed by atoms with Gasteiger partial charge in [-0.1, -0.05) is 18.4 Å². The van der Waals surface area contributed by atoms with Gasteiger partial charge in [-0.2, -0.15) is 0 Å². The number of halogens is 1. The lowest BCUT2D eigenvalue weighted by molar-refractivity contribution is 0.169. The van der Waals surface area contributed by atoms with E-state index in [1.54, 1.807) is 0 Å². The third-order valence-electron chi connectivity index (χ3n) is 4.93. The van der Waals surface area contributed by atoms with Gasteiger partial charge < -0.3 is 0 Å². The first-order valence-electron chi connectivity index (χ1n) is 8.40. The molecule has 0 bridgehead atoms. The maximum absolute atomic E-state index is 6.88. The second-order valence-corrected chi connectivity index (χ2v) is 7.07. The van der Waals surface area contributed by atoms with Crippen molar-refractivity contribution in [2.75, 3.05) is 26.2 Å². The summed E-state index contributed by atoms with van der Waals surface area (Å²) >= 11 is 6.88. The van der Waals surface area contributed by atoms with Crippen molar-refractivity contribution in [1.29, 1.82) is 0 Å². The molecule has 2 nitrogen and oxygen atoms in total. The Bertz CT molecular complexity index is 298. The lowest BCUT2D eigenvalue weighted by Gasteiger charge is -2.40. The van der Waals surface area contributed by atoms with Crippen molar-refractivity contribution in [3.8, 4) is 0 Å². The van der Waals surface area contributed by atoms with Crippen molar-refractivity contribution in [3.05, 3.63) is 11.1 Å². The van der Waals surface area contributed by atoms with Crippen LogP contribution in [0.5, 0.6) is 0 Å². The summed E-state index contributed by atoms with van der Waals surface area (Å²) in [4.78, 5) is 5.11. The van der Waals surface area contributed by atoms with Crippen LogP contribution in [0.25, 0.3) is 0 Å². The molecule has 0 radical (unpaired) electrons. The van der Waals surface area contributed by atoms with Gasteiger partial charge in [-0.05, 0) is 78.2 Å². The van der Waals surface area contributed by atoms with Crippen LogP contribution in [0, 0.1) is 0 Å². The van der Waals surface area contributed by atoms with Crippen LogP contribution in [0.1, 0.15) is 59.3 Å². The predicted octanol–water partition coefficient (Wildman–Crippen LogP) is 4.25. The van der Waals surface area contributed by atoms with E-state index >= 15 is 0 Å². The van der Waals surface area contributed by atoms with Crippen molar-refractivity contribution in [2.24, 2.45) is 0 Å². The van der Waals surface area contributed by atoms with E-state index in [9.17, 15) is 0 Å². The molecular formula is C17H31ClN2. The van der Waals surface area contributed by atoms with E-state index in [4.69, 9.17) is 11.6 Å². The maximum atomic E-state index is 6.88. The summed E-state index contributed by atoms with van der Waals surface area (Å²) in [6.45, 7) is 11.6. The van der Waals surface area contributed by atoms with Gasteiger partial charge in [-0.3, -0.25) is 9.80 Å². The van der Waals surface area contributed by atoms with Crippen molar-refractivity contribution in [3.63, 3.8) is 0 Å². The van der Waals surface area contributed by atoms with E-state index in [0.29, 0.717) is 6.04 Å². The minimum atomic E-state index is 0.0947. The molecule has 2 saturated heterocycles. The van der Waals surface area contributed by atoms with E-state index in [2.05, 4.69) is 30.6 Å². The van der Waals surface area contributed by atoms with E-state index < -0.39 is 0 Å². The van der Waals surface area contributed by atoms with Gasteiger partial charge in [0.1, 0.15) is 5.50 Å². The summed E-state index contributed by atoms with van der Waals surface area (Å²) in [6.07, 6.45) is 8.05. The number of hydrogen-bond donors (Lipinski definition) is 0. The maximum Gasteiger partial charge on any atom is 0.108 e. The quantitative estimate of drug-likeness (QED) is 0.435. The molecule has 0 N–H and O–H groups in total. The summed E-state index contributed by atoms with van der Waals surface area (Å²) in [6, 6.07) is 0.490. The summed E-state index contributed by atoms with van der Waals surface area (Å²) < 4.78 is 0. The molecule has 2 atom stereocenters. The van der Waals surface area contributed by atoms with Crippen LogP contribution < -0.4 is 0 Å². The first-order chi connectivity index (χ1) is 9.61. The summed E-state index contributed by atoms with van der Waals surface area (Å²) in [5.74, 6) is 0. The third kappa shape index (κ3) is 3.99. The highest BCUT2D eigenvalue weighted by Crippen LogP contribution is 2.28. The van der Waals surface area contributed by atoms with Crippen LogP contribution in [0.2, 0.25) is 0 Å². The summed E-state index contributed by atoms with van der Waals surface area (Å²) in [7, 11) is 0. The Morgan fingerprint density at radius 2 is 1.25 bits per heavy atom. The lowest BCUT2D eigenvalue weighted by Crippen LogP contribution is -2.45. The molecule has 0 aliphatic carbocycles. The zero-order valence-electron chi connectivity index (χ0n) is 13.5. The zero-order chi connectivity index (χ0) is 14.5. The Kier molecular flexibility index (Phi) is 6.38. The molecule has 20 heavy (non-hydrogen) atoms. The van der Waals surface area contributed by atoms with Crippen molar-refractivity contribution in [2.45, 2.75) is 70.8 Å². The fraction of sp³-hybridized carbons (Fsp3) is 0.882. The fourth-order valence-electron chi connectivity index (χ4n) is 3.70. The average molecular weight is 299 g/mol. The SMILES string of the molecule is CC(C)=C(C(C)N1CCCCC1)C(Cl)N1CCCCC1. The highest BCUT2D eigenvalue weighted by molar-refractivity contribution is 6.22. The van der Waals surface area contributed by atoms with Gasteiger partial charge in [0.25, 0.3) is 0 Å². The molecule has 2 fully saturated rings. The van der Waals surface area contributed by atoms with Crippen LogP contribution in [0.4, 0.5) is 0 Å². The van der Waals surface area contributed by atoms with Crippen LogP contribution >= 0.6 is 11.6 Å². The van der Waals surface area contributed by atoms with Crippen LogP contribution in [-0.2, 0) is 0 Å². The Hall–Kier alpha value is -0.0500. The van der Waals surface area contributed by atoms with Crippen molar-refractivity contribution < 1.29 is 0 Å². The van der Waals surface area contributed by atoms with Gasteiger partial charge in [0.2, 0.25) is 0 Å². The van der Waals surface area contributed by atoms with Crippen LogP contribution in [0.3, 0.4) is 0 Å². The number of hydrogen-bond acceptors (Lipinski definition) is 2. The minimum Gasteiger partial charge on any atom is -0.297 e. The molecule has 0 aromatic carbocycles.